The molecular formula is C13H10N2O3. The molecule has 0 spiro atoms. The Morgan fingerprint density at radius 3 is 2.33 bits per heavy atom. The minimum Gasteiger partial charge on any atom is -0.505 e. The Balaban J connectivity index is 2.33. The molecular weight excluding hydrogens is 232 g/mol. The van der Waals surface area contributed by atoms with Gasteiger partial charge in [0.15, 0.2) is 5.75 Å². The predicted molar refractivity (Wildman–Crippen MR) is 65.7 cm³/mol. The average Bonchev–Trinajstić information content (AvgIpc) is 2.38. The SMILES string of the molecule is O=C(O)c1cccc(/N=N/c2ccccc2)c1O. The molecule has 90 valence electrons. The second-order valence-electron chi connectivity index (χ2n) is 3.51. The number of para-hydroxylation sites is 1. The lowest BCUT2D eigenvalue weighted by Crippen LogP contribution is -1.95. The number of aromatic carboxylic acids is 1. The van der Waals surface area contributed by atoms with Gasteiger partial charge in [0, 0.05) is 0 Å². The van der Waals surface area contributed by atoms with Crippen LogP contribution in [0.3, 0.4) is 0 Å². The van der Waals surface area contributed by atoms with Crippen LogP contribution in [0.15, 0.2) is 58.8 Å². The summed E-state index contributed by atoms with van der Waals surface area (Å²) in [6.45, 7) is 0. The molecule has 2 aromatic carbocycles. The van der Waals surface area contributed by atoms with E-state index in [4.69, 9.17) is 5.11 Å². The summed E-state index contributed by atoms with van der Waals surface area (Å²) in [7, 11) is 0. The van der Waals surface area contributed by atoms with Crippen molar-refractivity contribution in [2.24, 2.45) is 10.2 Å². The van der Waals surface area contributed by atoms with Gasteiger partial charge in [-0.25, -0.2) is 4.79 Å². The summed E-state index contributed by atoms with van der Waals surface area (Å²) in [4.78, 5) is 10.8. The lowest BCUT2D eigenvalue weighted by atomic mass is 10.2. The number of carboxylic acids is 1. The summed E-state index contributed by atoms with van der Waals surface area (Å²) in [6, 6.07) is 13.3. The summed E-state index contributed by atoms with van der Waals surface area (Å²) in [5, 5.41) is 26.3. The fraction of sp³-hybridized carbons (Fsp3) is 0. The largest absolute Gasteiger partial charge is 0.505 e. The molecule has 2 aromatic rings. The van der Waals surface area contributed by atoms with E-state index < -0.39 is 5.97 Å². The molecule has 0 radical (unpaired) electrons. The van der Waals surface area contributed by atoms with Gasteiger partial charge in [-0.1, -0.05) is 24.3 Å². The van der Waals surface area contributed by atoms with Gasteiger partial charge >= 0.3 is 5.97 Å². The summed E-state index contributed by atoms with van der Waals surface area (Å²) in [5.41, 5.74) is 0.552. The number of carboxylic acid groups (broad SMARTS) is 1. The molecule has 0 heterocycles. The van der Waals surface area contributed by atoms with Gasteiger partial charge in [-0.2, -0.15) is 5.11 Å². The third kappa shape index (κ3) is 2.52. The predicted octanol–water partition coefficient (Wildman–Crippen LogP) is 3.51. The highest BCUT2D eigenvalue weighted by atomic mass is 16.4. The Bertz CT molecular complexity index is 594. The van der Waals surface area contributed by atoms with Crippen LogP contribution in [0.4, 0.5) is 11.4 Å². The van der Waals surface area contributed by atoms with Crippen molar-refractivity contribution in [3.63, 3.8) is 0 Å². The van der Waals surface area contributed by atoms with Gasteiger partial charge in [-0.15, -0.1) is 5.11 Å². The molecule has 0 saturated heterocycles. The van der Waals surface area contributed by atoms with Crippen molar-refractivity contribution in [2.75, 3.05) is 0 Å². The van der Waals surface area contributed by atoms with Gasteiger partial charge in [-0.05, 0) is 24.3 Å². The van der Waals surface area contributed by atoms with E-state index in [1.807, 2.05) is 18.2 Å². The van der Waals surface area contributed by atoms with E-state index in [9.17, 15) is 9.90 Å². The maximum Gasteiger partial charge on any atom is 0.339 e. The minimum absolute atomic E-state index is 0.124. The van der Waals surface area contributed by atoms with Crippen LogP contribution in [0.5, 0.6) is 5.75 Å². The summed E-state index contributed by atoms with van der Waals surface area (Å²) >= 11 is 0. The molecule has 0 aliphatic carbocycles. The van der Waals surface area contributed by atoms with Crippen molar-refractivity contribution >= 4 is 17.3 Å². The third-order valence-electron chi connectivity index (χ3n) is 2.27. The van der Waals surface area contributed by atoms with Crippen LogP contribution in [-0.2, 0) is 0 Å². The van der Waals surface area contributed by atoms with Crippen molar-refractivity contribution in [3.05, 3.63) is 54.1 Å². The summed E-state index contributed by atoms with van der Waals surface area (Å²) in [5.74, 6) is -1.59. The summed E-state index contributed by atoms with van der Waals surface area (Å²) in [6.07, 6.45) is 0. The Morgan fingerprint density at radius 2 is 1.67 bits per heavy atom. The molecule has 0 aliphatic heterocycles. The second kappa shape index (κ2) is 5.09. The molecule has 0 bridgehead atoms. The van der Waals surface area contributed by atoms with E-state index in [2.05, 4.69) is 10.2 Å². The van der Waals surface area contributed by atoms with E-state index in [1.165, 1.54) is 18.2 Å². The lowest BCUT2D eigenvalue weighted by Gasteiger charge is -2.01. The van der Waals surface area contributed by atoms with Gasteiger partial charge in [0.1, 0.15) is 11.3 Å². The first-order chi connectivity index (χ1) is 8.68. The van der Waals surface area contributed by atoms with E-state index in [-0.39, 0.29) is 17.0 Å². The highest BCUT2D eigenvalue weighted by Crippen LogP contribution is 2.31. The standard InChI is InChI=1S/C13H10N2O3/c16-12-10(13(17)18)7-4-8-11(12)15-14-9-5-2-1-3-6-9/h1-8,16H,(H,17,18)/b15-14+. The first-order valence-corrected chi connectivity index (χ1v) is 5.20. The highest BCUT2D eigenvalue weighted by Gasteiger charge is 2.12. The van der Waals surface area contributed by atoms with Gasteiger partial charge < -0.3 is 10.2 Å². The van der Waals surface area contributed by atoms with Crippen molar-refractivity contribution in [1.82, 2.24) is 0 Å². The first-order valence-electron chi connectivity index (χ1n) is 5.20. The number of aromatic hydroxyl groups is 1. The smallest absolute Gasteiger partial charge is 0.339 e. The van der Waals surface area contributed by atoms with Crippen LogP contribution in [0.25, 0.3) is 0 Å². The first kappa shape index (κ1) is 11.8. The molecule has 0 atom stereocenters. The van der Waals surface area contributed by atoms with Crippen LogP contribution in [0, 0.1) is 0 Å². The Morgan fingerprint density at radius 1 is 0.944 bits per heavy atom. The zero-order valence-corrected chi connectivity index (χ0v) is 9.32. The normalized spacial score (nSPS) is 10.7. The Labute approximate surface area is 103 Å². The number of azo groups is 1. The molecule has 0 saturated carbocycles. The fourth-order valence-corrected chi connectivity index (χ4v) is 1.39. The van der Waals surface area contributed by atoms with E-state index in [0.717, 1.165) is 0 Å². The number of carbonyl (C=O) groups is 1. The molecule has 2 N–H and O–H groups in total. The van der Waals surface area contributed by atoms with Crippen LogP contribution in [-0.4, -0.2) is 16.2 Å². The number of hydrogen-bond donors (Lipinski definition) is 2. The molecule has 0 aromatic heterocycles. The second-order valence-corrected chi connectivity index (χ2v) is 3.51. The topological polar surface area (TPSA) is 82.2 Å². The van der Waals surface area contributed by atoms with Crippen molar-refractivity contribution in [3.8, 4) is 5.75 Å². The molecule has 5 heteroatoms. The Kier molecular flexibility index (Phi) is 3.33. The zero-order chi connectivity index (χ0) is 13.0. The molecule has 0 unspecified atom stereocenters. The maximum absolute atomic E-state index is 10.8. The monoisotopic (exact) mass is 242 g/mol. The highest BCUT2D eigenvalue weighted by molar-refractivity contribution is 5.92. The molecule has 0 fully saturated rings. The van der Waals surface area contributed by atoms with Crippen molar-refractivity contribution in [2.45, 2.75) is 0 Å². The van der Waals surface area contributed by atoms with E-state index in [1.54, 1.807) is 12.1 Å². The Hall–Kier alpha value is -2.69. The van der Waals surface area contributed by atoms with E-state index >= 15 is 0 Å². The van der Waals surface area contributed by atoms with Gasteiger partial charge in [-0.3, -0.25) is 0 Å². The zero-order valence-electron chi connectivity index (χ0n) is 9.32. The number of phenols is 1. The average molecular weight is 242 g/mol. The minimum atomic E-state index is -1.20. The van der Waals surface area contributed by atoms with Crippen molar-refractivity contribution < 1.29 is 15.0 Å². The van der Waals surface area contributed by atoms with Gasteiger partial charge in [0.2, 0.25) is 0 Å². The van der Waals surface area contributed by atoms with Crippen LogP contribution in [0.2, 0.25) is 0 Å². The number of hydrogen-bond acceptors (Lipinski definition) is 4. The fourth-order valence-electron chi connectivity index (χ4n) is 1.39. The molecule has 18 heavy (non-hydrogen) atoms. The molecule has 0 aliphatic rings. The summed E-state index contributed by atoms with van der Waals surface area (Å²) < 4.78 is 0. The third-order valence-corrected chi connectivity index (χ3v) is 2.27. The van der Waals surface area contributed by atoms with E-state index in [0.29, 0.717) is 5.69 Å². The van der Waals surface area contributed by atoms with Crippen LogP contribution < -0.4 is 0 Å². The van der Waals surface area contributed by atoms with Crippen LogP contribution in [0.1, 0.15) is 10.4 Å². The lowest BCUT2D eigenvalue weighted by molar-refractivity contribution is 0.0694. The molecule has 2 rings (SSSR count). The number of nitrogens with zero attached hydrogens (tertiary/aromatic N) is 2. The van der Waals surface area contributed by atoms with Crippen LogP contribution >= 0.6 is 0 Å². The number of rotatable bonds is 3. The van der Waals surface area contributed by atoms with Crippen molar-refractivity contribution in [1.29, 1.82) is 0 Å². The quantitative estimate of drug-likeness (QED) is 0.808. The van der Waals surface area contributed by atoms with Gasteiger partial charge in [0.05, 0.1) is 5.69 Å². The molecule has 0 amide bonds. The molecule has 5 nitrogen and oxygen atoms in total. The van der Waals surface area contributed by atoms with Gasteiger partial charge in [0.25, 0.3) is 0 Å². The number of benzene rings is 2. The maximum atomic E-state index is 10.8.